The van der Waals surface area contributed by atoms with Gasteiger partial charge in [0.2, 0.25) is 0 Å². The molecule has 0 N–H and O–H groups in total. The summed E-state index contributed by atoms with van der Waals surface area (Å²) in [5.74, 6) is 0.245. The van der Waals surface area contributed by atoms with Crippen molar-refractivity contribution in [3.05, 3.63) is 65.7 Å². The van der Waals surface area contributed by atoms with Crippen LogP contribution in [0.1, 0.15) is 30.9 Å². The summed E-state index contributed by atoms with van der Waals surface area (Å²) in [6, 6.07) is 17.0. The Hall–Kier alpha value is -2.42. The van der Waals surface area contributed by atoms with Crippen LogP contribution >= 0.6 is 0 Å². The Labute approximate surface area is 124 Å². The highest BCUT2D eigenvalue weighted by molar-refractivity contribution is 5.96. The standard InChI is InChI=1S/C18H17NO2/c1-2-12-18(16-11-7-6-8-14(16)13-19-18)17(20)21-15-9-4-3-5-10-15/h3-11,13H,2,12H2,1H3. The second-order valence-corrected chi connectivity index (χ2v) is 5.16. The third-order valence-electron chi connectivity index (χ3n) is 3.73. The summed E-state index contributed by atoms with van der Waals surface area (Å²) in [4.78, 5) is 17.3. The first-order valence-corrected chi connectivity index (χ1v) is 7.18. The number of aliphatic imine (C=N–C) groups is 1. The Morgan fingerprint density at radius 3 is 2.57 bits per heavy atom. The summed E-state index contributed by atoms with van der Waals surface area (Å²) in [7, 11) is 0. The molecule has 0 aliphatic carbocycles. The lowest BCUT2D eigenvalue weighted by atomic mass is 9.86. The molecule has 3 nitrogen and oxygen atoms in total. The van der Waals surface area contributed by atoms with E-state index >= 15 is 0 Å². The van der Waals surface area contributed by atoms with Crippen molar-refractivity contribution in [1.29, 1.82) is 0 Å². The molecular weight excluding hydrogens is 262 g/mol. The summed E-state index contributed by atoms with van der Waals surface area (Å²) >= 11 is 0. The summed E-state index contributed by atoms with van der Waals surface area (Å²) in [5, 5.41) is 0. The molecule has 21 heavy (non-hydrogen) atoms. The van der Waals surface area contributed by atoms with Gasteiger partial charge in [-0.15, -0.1) is 0 Å². The summed E-state index contributed by atoms with van der Waals surface area (Å²) in [6.07, 6.45) is 3.28. The lowest BCUT2D eigenvalue weighted by molar-refractivity contribution is -0.141. The van der Waals surface area contributed by atoms with Crippen LogP contribution in [0.15, 0.2) is 59.6 Å². The van der Waals surface area contributed by atoms with Crippen molar-refractivity contribution in [3.63, 3.8) is 0 Å². The van der Waals surface area contributed by atoms with Gasteiger partial charge in [0.25, 0.3) is 0 Å². The topological polar surface area (TPSA) is 38.7 Å². The molecule has 1 aliphatic rings. The monoisotopic (exact) mass is 279 g/mol. The fraction of sp³-hybridized carbons (Fsp3) is 0.222. The second-order valence-electron chi connectivity index (χ2n) is 5.16. The lowest BCUT2D eigenvalue weighted by Gasteiger charge is -2.25. The fourth-order valence-electron chi connectivity index (χ4n) is 2.74. The molecule has 0 spiro atoms. The number of benzene rings is 2. The summed E-state index contributed by atoms with van der Waals surface area (Å²) in [5.41, 5.74) is 1.03. The van der Waals surface area contributed by atoms with Crippen LogP contribution in [0.25, 0.3) is 0 Å². The zero-order valence-electron chi connectivity index (χ0n) is 12.0. The molecule has 0 aromatic heterocycles. The first-order chi connectivity index (χ1) is 10.3. The van der Waals surface area contributed by atoms with Crippen LogP contribution in [0, 0.1) is 0 Å². The van der Waals surface area contributed by atoms with E-state index in [0.717, 1.165) is 17.5 Å². The average molecular weight is 279 g/mol. The van der Waals surface area contributed by atoms with Gasteiger partial charge in [-0.3, -0.25) is 4.99 Å². The van der Waals surface area contributed by atoms with Gasteiger partial charge in [-0.2, -0.15) is 0 Å². The van der Waals surface area contributed by atoms with E-state index in [4.69, 9.17) is 4.74 Å². The zero-order chi connectivity index (χ0) is 14.7. The molecule has 0 saturated carbocycles. The number of ether oxygens (including phenoxy) is 1. The van der Waals surface area contributed by atoms with Gasteiger partial charge in [-0.05, 0) is 29.7 Å². The van der Waals surface area contributed by atoms with Crippen molar-refractivity contribution in [2.24, 2.45) is 4.99 Å². The summed E-state index contributed by atoms with van der Waals surface area (Å²) in [6.45, 7) is 2.05. The van der Waals surface area contributed by atoms with Gasteiger partial charge in [-0.25, -0.2) is 4.79 Å². The first kappa shape index (κ1) is 13.6. The zero-order valence-corrected chi connectivity index (χ0v) is 12.0. The van der Waals surface area contributed by atoms with Crippen molar-refractivity contribution in [2.45, 2.75) is 25.3 Å². The van der Waals surface area contributed by atoms with Crippen LogP contribution in [-0.2, 0) is 10.3 Å². The van der Waals surface area contributed by atoms with E-state index in [1.165, 1.54) is 0 Å². The molecule has 1 atom stereocenters. The molecule has 2 aromatic carbocycles. The minimum absolute atomic E-state index is 0.309. The van der Waals surface area contributed by atoms with E-state index in [2.05, 4.69) is 4.99 Å². The molecule has 0 amide bonds. The van der Waals surface area contributed by atoms with E-state index in [9.17, 15) is 4.79 Å². The van der Waals surface area contributed by atoms with E-state index in [1.807, 2.05) is 49.4 Å². The Morgan fingerprint density at radius 1 is 1.10 bits per heavy atom. The largest absolute Gasteiger partial charge is 0.424 e. The molecule has 0 fully saturated rings. The highest BCUT2D eigenvalue weighted by Crippen LogP contribution is 2.38. The number of hydrogen-bond acceptors (Lipinski definition) is 3. The number of carbonyl (C=O) groups excluding carboxylic acids is 1. The number of rotatable bonds is 4. The molecule has 3 heteroatoms. The molecule has 0 saturated heterocycles. The van der Waals surface area contributed by atoms with Gasteiger partial charge in [0, 0.05) is 6.21 Å². The van der Waals surface area contributed by atoms with Crippen LogP contribution < -0.4 is 4.74 Å². The van der Waals surface area contributed by atoms with Crippen molar-refractivity contribution >= 4 is 12.2 Å². The number of carbonyl (C=O) groups is 1. The SMILES string of the molecule is CCCC1(C(=O)Oc2ccccc2)N=Cc2ccccc21. The van der Waals surface area contributed by atoms with Gasteiger partial charge in [0.15, 0.2) is 5.54 Å². The van der Waals surface area contributed by atoms with Crippen LogP contribution in [0.2, 0.25) is 0 Å². The third-order valence-corrected chi connectivity index (χ3v) is 3.73. The number of hydrogen-bond donors (Lipinski definition) is 0. The van der Waals surface area contributed by atoms with Crippen LogP contribution in [0.5, 0.6) is 5.75 Å². The van der Waals surface area contributed by atoms with Crippen molar-refractivity contribution < 1.29 is 9.53 Å². The molecular formula is C18H17NO2. The van der Waals surface area contributed by atoms with Gasteiger partial charge in [-0.1, -0.05) is 55.8 Å². The van der Waals surface area contributed by atoms with Gasteiger partial charge >= 0.3 is 5.97 Å². The predicted molar refractivity (Wildman–Crippen MR) is 82.7 cm³/mol. The van der Waals surface area contributed by atoms with Crippen molar-refractivity contribution in [3.8, 4) is 5.75 Å². The van der Waals surface area contributed by atoms with Crippen LogP contribution in [0.4, 0.5) is 0 Å². The molecule has 0 bridgehead atoms. The molecule has 106 valence electrons. The van der Waals surface area contributed by atoms with Crippen LogP contribution in [0.3, 0.4) is 0 Å². The van der Waals surface area contributed by atoms with Crippen molar-refractivity contribution in [2.75, 3.05) is 0 Å². The second kappa shape index (κ2) is 5.52. The minimum atomic E-state index is -0.902. The maximum Gasteiger partial charge on any atom is 0.344 e. The number of para-hydroxylation sites is 1. The van der Waals surface area contributed by atoms with E-state index in [1.54, 1.807) is 18.3 Å². The maximum absolute atomic E-state index is 12.8. The lowest BCUT2D eigenvalue weighted by Crippen LogP contribution is -2.36. The molecule has 3 rings (SSSR count). The van der Waals surface area contributed by atoms with Crippen molar-refractivity contribution in [1.82, 2.24) is 0 Å². The minimum Gasteiger partial charge on any atom is -0.424 e. The first-order valence-electron chi connectivity index (χ1n) is 7.18. The molecule has 1 unspecified atom stereocenters. The molecule has 1 heterocycles. The third kappa shape index (κ3) is 2.35. The normalized spacial score (nSPS) is 19.3. The Kier molecular flexibility index (Phi) is 3.57. The quantitative estimate of drug-likeness (QED) is 0.632. The fourth-order valence-corrected chi connectivity index (χ4v) is 2.74. The molecule has 0 radical (unpaired) electrons. The van der Waals surface area contributed by atoms with Gasteiger partial charge < -0.3 is 4.74 Å². The molecule has 2 aromatic rings. The highest BCUT2D eigenvalue weighted by Gasteiger charge is 2.44. The number of fused-ring (bicyclic) bond motifs is 1. The number of nitrogens with zero attached hydrogens (tertiary/aromatic N) is 1. The van der Waals surface area contributed by atoms with Gasteiger partial charge in [0.1, 0.15) is 5.75 Å². The molecule has 1 aliphatic heterocycles. The van der Waals surface area contributed by atoms with Crippen LogP contribution in [-0.4, -0.2) is 12.2 Å². The maximum atomic E-state index is 12.8. The predicted octanol–water partition coefficient (Wildman–Crippen LogP) is 3.72. The Bertz CT molecular complexity index is 679. The summed E-state index contributed by atoms with van der Waals surface area (Å²) < 4.78 is 5.56. The van der Waals surface area contributed by atoms with E-state index in [0.29, 0.717) is 12.2 Å². The Morgan fingerprint density at radius 2 is 1.81 bits per heavy atom. The van der Waals surface area contributed by atoms with Gasteiger partial charge in [0.05, 0.1) is 0 Å². The van der Waals surface area contributed by atoms with E-state index < -0.39 is 5.54 Å². The smallest absolute Gasteiger partial charge is 0.344 e. The average Bonchev–Trinajstić information content (AvgIpc) is 2.89. The number of esters is 1. The highest BCUT2D eigenvalue weighted by atomic mass is 16.5. The Balaban J connectivity index is 1.96. The van der Waals surface area contributed by atoms with E-state index in [-0.39, 0.29) is 5.97 Å².